The van der Waals surface area contributed by atoms with Gasteiger partial charge in [-0.15, -0.1) is 5.10 Å². The Morgan fingerprint density at radius 2 is 1.86 bits per heavy atom. The molecule has 2 aromatic carbocycles. The van der Waals surface area contributed by atoms with Gasteiger partial charge in [-0.1, -0.05) is 42.5 Å². The number of benzene rings is 2. The highest BCUT2D eigenvalue weighted by atomic mass is 16.3. The molecule has 1 aromatic heterocycles. The largest absolute Gasteiger partial charge is 0.368 e. The van der Waals surface area contributed by atoms with Crippen molar-refractivity contribution >= 4 is 22.5 Å². The number of aromatic nitrogens is 2. The van der Waals surface area contributed by atoms with Crippen molar-refractivity contribution in [1.29, 1.82) is 0 Å². The average Bonchev–Trinajstić information content (AvgIpc) is 2.81. The minimum absolute atomic E-state index is 0.294. The summed E-state index contributed by atoms with van der Waals surface area (Å²) in [5, 5.41) is 21.2. The van der Waals surface area contributed by atoms with Gasteiger partial charge in [0.1, 0.15) is 0 Å². The maximum atomic E-state index is 12.4. The first-order valence-corrected chi connectivity index (χ1v) is 6.83. The SMILES string of the molecule is O=C1c2ccccc2C(O)N1Nc1nncc2ccccc12. The van der Waals surface area contributed by atoms with Gasteiger partial charge >= 0.3 is 0 Å². The number of nitrogens with one attached hydrogen (secondary N) is 1. The topological polar surface area (TPSA) is 78.4 Å². The van der Waals surface area contributed by atoms with E-state index < -0.39 is 6.23 Å². The van der Waals surface area contributed by atoms with Crippen molar-refractivity contribution in [2.75, 3.05) is 5.43 Å². The third-order valence-electron chi connectivity index (χ3n) is 3.73. The van der Waals surface area contributed by atoms with Crippen LogP contribution in [-0.4, -0.2) is 26.2 Å². The summed E-state index contributed by atoms with van der Waals surface area (Å²) in [6.45, 7) is 0. The second-order valence-corrected chi connectivity index (χ2v) is 5.03. The van der Waals surface area contributed by atoms with Gasteiger partial charge < -0.3 is 5.11 Å². The molecule has 3 aromatic rings. The quantitative estimate of drug-likeness (QED) is 0.756. The first-order valence-electron chi connectivity index (χ1n) is 6.83. The molecule has 0 bridgehead atoms. The number of aliphatic hydroxyl groups excluding tert-OH is 1. The molecule has 1 aliphatic rings. The molecule has 0 spiro atoms. The van der Waals surface area contributed by atoms with Gasteiger partial charge in [0.05, 0.1) is 6.20 Å². The fraction of sp³-hybridized carbons (Fsp3) is 0.0625. The van der Waals surface area contributed by atoms with Crippen LogP contribution in [-0.2, 0) is 0 Å². The Labute approximate surface area is 126 Å². The molecule has 1 atom stereocenters. The van der Waals surface area contributed by atoms with Crippen LogP contribution in [0.3, 0.4) is 0 Å². The fourth-order valence-electron chi connectivity index (χ4n) is 2.63. The Morgan fingerprint density at radius 1 is 1.09 bits per heavy atom. The molecular weight excluding hydrogens is 280 g/mol. The monoisotopic (exact) mass is 292 g/mol. The zero-order valence-corrected chi connectivity index (χ0v) is 11.5. The average molecular weight is 292 g/mol. The molecule has 0 radical (unpaired) electrons. The van der Waals surface area contributed by atoms with Gasteiger partial charge in [-0.2, -0.15) is 5.10 Å². The number of fused-ring (bicyclic) bond motifs is 2. The van der Waals surface area contributed by atoms with Gasteiger partial charge in [0.2, 0.25) is 0 Å². The summed E-state index contributed by atoms with van der Waals surface area (Å²) in [6.07, 6.45) is 0.599. The zero-order valence-electron chi connectivity index (χ0n) is 11.5. The number of amides is 1. The number of hydrazine groups is 1. The van der Waals surface area contributed by atoms with Crippen LogP contribution in [0.1, 0.15) is 22.1 Å². The van der Waals surface area contributed by atoms with E-state index in [0.717, 1.165) is 10.8 Å². The van der Waals surface area contributed by atoms with Crippen molar-refractivity contribution in [3.8, 4) is 0 Å². The van der Waals surface area contributed by atoms with E-state index in [9.17, 15) is 9.90 Å². The Morgan fingerprint density at radius 3 is 2.73 bits per heavy atom. The minimum atomic E-state index is -1.05. The van der Waals surface area contributed by atoms with Crippen LogP contribution in [0.2, 0.25) is 0 Å². The lowest BCUT2D eigenvalue weighted by Crippen LogP contribution is -2.34. The predicted octanol–water partition coefficient (Wildman–Crippen LogP) is 2.10. The normalized spacial score (nSPS) is 16.9. The molecule has 0 aliphatic carbocycles. The summed E-state index contributed by atoms with van der Waals surface area (Å²) in [6, 6.07) is 14.6. The maximum absolute atomic E-state index is 12.4. The molecule has 1 aliphatic heterocycles. The molecule has 6 nitrogen and oxygen atoms in total. The lowest BCUT2D eigenvalue weighted by atomic mass is 10.1. The van der Waals surface area contributed by atoms with Crippen molar-refractivity contribution in [2.24, 2.45) is 0 Å². The Balaban J connectivity index is 1.74. The molecule has 0 saturated carbocycles. The summed E-state index contributed by atoms with van der Waals surface area (Å²) in [4.78, 5) is 12.4. The smallest absolute Gasteiger partial charge is 0.275 e. The number of anilines is 1. The molecule has 4 rings (SSSR count). The Bertz CT molecular complexity index is 875. The van der Waals surface area contributed by atoms with Crippen molar-refractivity contribution in [3.05, 3.63) is 65.9 Å². The van der Waals surface area contributed by atoms with Gasteiger partial charge in [-0.05, 0) is 6.07 Å². The second-order valence-electron chi connectivity index (χ2n) is 5.03. The Kier molecular flexibility index (Phi) is 2.77. The number of hydrogen-bond donors (Lipinski definition) is 2. The molecule has 22 heavy (non-hydrogen) atoms. The number of carbonyl (C=O) groups excluding carboxylic acids is 1. The lowest BCUT2D eigenvalue weighted by Gasteiger charge is -2.22. The molecule has 1 unspecified atom stereocenters. The highest BCUT2D eigenvalue weighted by Gasteiger charge is 2.36. The number of hydrogen-bond acceptors (Lipinski definition) is 5. The van der Waals surface area contributed by atoms with Crippen LogP contribution < -0.4 is 5.43 Å². The van der Waals surface area contributed by atoms with E-state index in [1.807, 2.05) is 24.3 Å². The molecule has 2 heterocycles. The van der Waals surface area contributed by atoms with Crippen LogP contribution in [0.4, 0.5) is 5.82 Å². The highest BCUT2D eigenvalue weighted by Crippen LogP contribution is 2.32. The van der Waals surface area contributed by atoms with E-state index >= 15 is 0 Å². The van der Waals surface area contributed by atoms with Crippen LogP contribution in [0.5, 0.6) is 0 Å². The molecular formula is C16H12N4O2. The Hall–Kier alpha value is -2.99. The fourth-order valence-corrected chi connectivity index (χ4v) is 2.63. The van der Waals surface area contributed by atoms with Crippen LogP contribution >= 0.6 is 0 Å². The molecule has 2 N–H and O–H groups in total. The van der Waals surface area contributed by atoms with Crippen molar-refractivity contribution in [2.45, 2.75) is 6.23 Å². The maximum Gasteiger partial charge on any atom is 0.275 e. The van der Waals surface area contributed by atoms with E-state index in [-0.39, 0.29) is 5.91 Å². The third-order valence-corrected chi connectivity index (χ3v) is 3.73. The standard InChI is InChI=1S/C16H12N4O2/c21-15-12-7-3-4-8-13(12)16(22)20(15)19-14-11-6-2-1-5-10(11)9-17-18-14/h1-9,15,21H,(H,18,19). The summed E-state index contributed by atoms with van der Waals surface area (Å²) >= 11 is 0. The first-order chi connectivity index (χ1) is 10.8. The van der Waals surface area contributed by atoms with Gasteiger partial charge in [-0.25, -0.2) is 5.01 Å². The summed E-state index contributed by atoms with van der Waals surface area (Å²) in [5.74, 6) is 0.135. The van der Waals surface area contributed by atoms with E-state index in [1.165, 1.54) is 5.01 Å². The molecule has 108 valence electrons. The van der Waals surface area contributed by atoms with Crippen LogP contribution in [0.25, 0.3) is 10.8 Å². The molecule has 0 saturated heterocycles. The van der Waals surface area contributed by atoms with Crippen molar-refractivity contribution < 1.29 is 9.90 Å². The van der Waals surface area contributed by atoms with Gasteiger partial charge in [0, 0.05) is 21.9 Å². The number of carbonyl (C=O) groups is 1. The minimum Gasteiger partial charge on any atom is -0.368 e. The predicted molar refractivity (Wildman–Crippen MR) is 80.7 cm³/mol. The van der Waals surface area contributed by atoms with Gasteiger partial charge in [0.15, 0.2) is 12.0 Å². The number of aliphatic hydroxyl groups is 1. The molecule has 6 heteroatoms. The lowest BCUT2D eigenvalue weighted by molar-refractivity contribution is 0.0294. The van der Waals surface area contributed by atoms with Crippen LogP contribution in [0, 0.1) is 0 Å². The van der Waals surface area contributed by atoms with Gasteiger partial charge in [0.25, 0.3) is 5.91 Å². The van der Waals surface area contributed by atoms with Crippen LogP contribution in [0.15, 0.2) is 54.7 Å². The second kappa shape index (κ2) is 4.78. The van der Waals surface area contributed by atoms with E-state index in [1.54, 1.807) is 30.5 Å². The summed E-state index contributed by atoms with van der Waals surface area (Å²) in [5.41, 5.74) is 3.95. The number of rotatable bonds is 2. The van der Waals surface area contributed by atoms with E-state index in [2.05, 4.69) is 15.6 Å². The van der Waals surface area contributed by atoms with Crippen molar-refractivity contribution in [1.82, 2.24) is 15.2 Å². The van der Waals surface area contributed by atoms with E-state index in [0.29, 0.717) is 16.9 Å². The first kappa shape index (κ1) is 12.7. The molecule has 1 amide bonds. The summed E-state index contributed by atoms with van der Waals surface area (Å²) in [7, 11) is 0. The van der Waals surface area contributed by atoms with Crippen molar-refractivity contribution in [3.63, 3.8) is 0 Å². The highest BCUT2D eigenvalue weighted by molar-refractivity contribution is 6.00. The van der Waals surface area contributed by atoms with E-state index in [4.69, 9.17) is 0 Å². The summed E-state index contributed by atoms with van der Waals surface area (Å²) < 4.78 is 0. The zero-order chi connectivity index (χ0) is 15.1. The third kappa shape index (κ3) is 1.82. The molecule has 0 fully saturated rings. The number of nitrogens with zero attached hydrogens (tertiary/aromatic N) is 3. The van der Waals surface area contributed by atoms with Gasteiger partial charge in [-0.3, -0.25) is 10.2 Å².